The third-order valence-electron chi connectivity index (χ3n) is 9.08. The Hall–Kier alpha value is -3.87. The van der Waals surface area contributed by atoms with Gasteiger partial charge in [0.15, 0.2) is 0 Å². The zero-order chi connectivity index (χ0) is 27.8. The number of rotatable bonds is 8. The number of fused-ring (bicyclic) bond motifs is 7. The first-order valence-electron chi connectivity index (χ1n) is 14.7. The van der Waals surface area contributed by atoms with E-state index in [0.717, 1.165) is 53.4 Å². The van der Waals surface area contributed by atoms with Gasteiger partial charge in [-0.05, 0) is 61.3 Å². The molecule has 2 unspecified atom stereocenters. The lowest BCUT2D eigenvalue weighted by atomic mass is 9.89. The standard InChI is InChI=1S/C33H38N4O3/c1-3-20(2)28(32(39)34-18-17-21-11-5-4-6-12-21)36-31(38)27-19-25-22-13-9-10-16-26(22)35-29(25)30-23-14-7-8-15-24(23)33(40)37(27)30/h7-11,13-16,20,27-28,30,35H,3-6,12,17-19H2,1-2H3,(H,34,39)(H,36,38)/t20?,27-,28-,30?/m0/s1. The van der Waals surface area contributed by atoms with E-state index >= 15 is 0 Å². The Bertz CT molecular complexity index is 1490. The molecular weight excluding hydrogens is 500 g/mol. The molecule has 7 heteroatoms. The highest BCUT2D eigenvalue weighted by Crippen LogP contribution is 2.46. The third-order valence-corrected chi connectivity index (χ3v) is 9.08. The summed E-state index contributed by atoms with van der Waals surface area (Å²) in [6, 6.07) is 13.9. The largest absolute Gasteiger partial charge is 0.356 e. The highest BCUT2D eigenvalue weighted by atomic mass is 16.2. The van der Waals surface area contributed by atoms with E-state index in [-0.39, 0.29) is 29.7 Å². The Morgan fingerprint density at radius 1 is 1.10 bits per heavy atom. The van der Waals surface area contributed by atoms with Gasteiger partial charge in [0.25, 0.3) is 5.91 Å². The van der Waals surface area contributed by atoms with Crippen molar-refractivity contribution in [1.82, 2.24) is 20.5 Å². The van der Waals surface area contributed by atoms with Crippen molar-refractivity contribution in [3.63, 3.8) is 0 Å². The van der Waals surface area contributed by atoms with E-state index < -0.39 is 12.1 Å². The molecule has 0 bridgehead atoms. The summed E-state index contributed by atoms with van der Waals surface area (Å²) in [4.78, 5) is 46.4. The fourth-order valence-corrected chi connectivity index (χ4v) is 6.68. The molecule has 2 aliphatic heterocycles. The van der Waals surface area contributed by atoms with Crippen molar-refractivity contribution >= 4 is 28.6 Å². The van der Waals surface area contributed by atoms with E-state index in [1.165, 1.54) is 18.4 Å². The van der Waals surface area contributed by atoms with Gasteiger partial charge in [-0.2, -0.15) is 0 Å². The second-order valence-electron chi connectivity index (χ2n) is 11.5. The number of nitrogens with one attached hydrogen (secondary N) is 3. The SMILES string of the molecule is CCC(C)[C@H](NC(=O)[C@@H]1Cc2c([nH]c3ccccc23)C2c3ccccc3C(=O)N21)C(=O)NCCC1=CCCCC1. The molecule has 0 saturated heterocycles. The minimum absolute atomic E-state index is 0.0487. The second kappa shape index (κ2) is 11.0. The number of benzene rings is 2. The summed E-state index contributed by atoms with van der Waals surface area (Å²) in [6.07, 6.45) is 8.96. The Morgan fingerprint density at radius 3 is 2.70 bits per heavy atom. The Labute approximate surface area is 235 Å². The average molecular weight is 539 g/mol. The van der Waals surface area contributed by atoms with E-state index in [4.69, 9.17) is 0 Å². The third kappa shape index (κ3) is 4.61. The van der Waals surface area contributed by atoms with Crippen LogP contribution in [0.4, 0.5) is 0 Å². The summed E-state index contributed by atoms with van der Waals surface area (Å²) in [7, 11) is 0. The smallest absolute Gasteiger partial charge is 0.255 e. The van der Waals surface area contributed by atoms with Gasteiger partial charge >= 0.3 is 0 Å². The molecule has 208 valence electrons. The van der Waals surface area contributed by atoms with Crippen molar-refractivity contribution in [3.8, 4) is 0 Å². The minimum Gasteiger partial charge on any atom is -0.356 e. The number of aromatic amines is 1. The van der Waals surface area contributed by atoms with E-state index in [1.54, 1.807) is 4.90 Å². The Balaban J connectivity index is 1.27. The summed E-state index contributed by atoms with van der Waals surface area (Å²) < 4.78 is 0. The van der Waals surface area contributed by atoms with Gasteiger partial charge in [0.1, 0.15) is 12.1 Å². The zero-order valence-electron chi connectivity index (χ0n) is 23.3. The molecule has 1 aliphatic carbocycles. The number of amides is 3. The second-order valence-corrected chi connectivity index (χ2v) is 11.5. The molecule has 40 heavy (non-hydrogen) atoms. The number of carbonyl (C=O) groups is 3. The molecule has 0 saturated carbocycles. The molecule has 2 aromatic carbocycles. The predicted octanol–water partition coefficient (Wildman–Crippen LogP) is 5.18. The average Bonchev–Trinajstić information content (AvgIpc) is 3.51. The molecule has 4 atom stereocenters. The van der Waals surface area contributed by atoms with Crippen LogP contribution >= 0.6 is 0 Å². The zero-order valence-corrected chi connectivity index (χ0v) is 23.3. The summed E-state index contributed by atoms with van der Waals surface area (Å²) in [5.41, 5.74) is 5.97. The first-order valence-corrected chi connectivity index (χ1v) is 14.7. The van der Waals surface area contributed by atoms with Crippen molar-refractivity contribution in [3.05, 3.63) is 82.6 Å². The maximum Gasteiger partial charge on any atom is 0.255 e. The predicted molar refractivity (Wildman–Crippen MR) is 156 cm³/mol. The molecule has 3 N–H and O–H groups in total. The van der Waals surface area contributed by atoms with Gasteiger partial charge in [-0.15, -0.1) is 0 Å². The normalized spacial score (nSPS) is 21.2. The lowest BCUT2D eigenvalue weighted by molar-refractivity contribution is -0.133. The van der Waals surface area contributed by atoms with Crippen LogP contribution < -0.4 is 10.6 Å². The monoisotopic (exact) mass is 538 g/mol. The molecule has 6 rings (SSSR count). The van der Waals surface area contributed by atoms with Gasteiger partial charge in [-0.3, -0.25) is 14.4 Å². The van der Waals surface area contributed by atoms with Crippen LogP contribution in [0.25, 0.3) is 10.9 Å². The Kier molecular flexibility index (Phi) is 7.22. The van der Waals surface area contributed by atoms with Gasteiger partial charge in [-0.25, -0.2) is 0 Å². The first-order chi connectivity index (χ1) is 19.5. The molecule has 3 amide bonds. The number of carbonyl (C=O) groups excluding carboxylic acids is 3. The quantitative estimate of drug-likeness (QED) is 0.345. The van der Waals surface area contributed by atoms with Crippen LogP contribution in [-0.2, 0) is 16.0 Å². The lowest BCUT2D eigenvalue weighted by Crippen LogP contribution is -2.58. The van der Waals surface area contributed by atoms with Crippen LogP contribution in [0.5, 0.6) is 0 Å². The number of allylic oxidation sites excluding steroid dienone is 1. The highest BCUT2D eigenvalue weighted by molar-refractivity contribution is 6.04. The molecular formula is C33H38N4O3. The molecule has 3 heterocycles. The molecule has 0 radical (unpaired) electrons. The minimum atomic E-state index is -0.719. The fourth-order valence-electron chi connectivity index (χ4n) is 6.68. The summed E-state index contributed by atoms with van der Waals surface area (Å²) >= 11 is 0. The number of hydrogen-bond acceptors (Lipinski definition) is 3. The first kappa shape index (κ1) is 26.4. The molecule has 3 aliphatic rings. The van der Waals surface area contributed by atoms with E-state index in [9.17, 15) is 14.4 Å². The molecule has 3 aromatic rings. The van der Waals surface area contributed by atoms with Crippen LogP contribution in [0, 0.1) is 5.92 Å². The van der Waals surface area contributed by atoms with Gasteiger partial charge < -0.3 is 20.5 Å². The van der Waals surface area contributed by atoms with Gasteiger partial charge in [0.2, 0.25) is 11.8 Å². The topological polar surface area (TPSA) is 94.3 Å². The summed E-state index contributed by atoms with van der Waals surface area (Å²) in [5.74, 6) is -0.629. The highest BCUT2D eigenvalue weighted by Gasteiger charge is 2.49. The van der Waals surface area contributed by atoms with Crippen molar-refractivity contribution in [2.45, 2.75) is 76.9 Å². The van der Waals surface area contributed by atoms with Crippen molar-refractivity contribution in [2.75, 3.05) is 6.54 Å². The summed E-state index contributed by atoms with van der Waals surface area (Å²) in [5, 5.41) is 7.23. The number of H-pyrrole nitrogens is 1. The van der Waals surface area contributed by atoms with Gasteiger partial charge in [-0.1, -0.05) is 68.3 Å². The maximum absolute atomic E-state index is 14.1. The number of aromatic nitrogens is 1. The van der Waals surface area contributed by atoms with Gasteiger partial charge in [0.05, 0.1) is 6.04 Å². The van der Waals surface area contributed by atoms with Crippen LogP contribution in [0.1, 0.15) is 85.6 Å². The van der Waals surface area contributed by atoms with E-state index in [0.29, 0.717) is 18.5 Å². The van der Waals surface area contributed by atoms with E-state index in [2.05, 4.69) is 27.8 Å². The van der Waals surface area contributed by atoms with Gasteiger partial charge in [0, 0.05) is 35.1 Å². The van der Waals surface area contributed by atoms with Crippen molar-refractivity contribution in [1.29, 1.82) is 0 Å². The van der Waals surface area contributed by atoms with Crippen molar-refractivity contribution < 1.29 is 14.4 Å². The molecule has 7 nitrogen and oxygen atoms in total. The lowest BCUT2D eigenvalue weighted by Gasteiger charge is -2.38. The molecule has 1 aromatic heterocycles. The van der Waals surface area contributed by atoms with Crippen LogP contribution in [0.2, 0.25) is 0 Å². The number of para-hydroxylation sites is 1. The molecule has 0 spiro atoms. The molecule has 0 fully saturated rings. The fraction of sp³-hybridized carbons (Fsp3) is 0.424. The van der Waals surface area contributed by atoms with E-state index in [1.807, 2.05) is 56.3 Å². The number of nitrogens with zero attached hydrogens (tertiary/aromatic N) is 1. The number of hydrogen-bond donors (Lipinski definition) is 3. The summed E-state index contributed by atoms with van der Waals surface area (Å²) in [6.45, 7) is 4.59. The Morgan fingerprint density at radius 2 is 1.90 bits per heavy atom. The van der Waals surface area contributed by atoms with Crippen LogP contribution in [0.3, 0.4) is 0 Å². The van der Waals surface area contributed by atoms with Crippen LogP contribution in [0.15, 0.2) is 60.2 Å². The van der Waals surface area contributed by atoms with Crippen LogP contribution in [-0.4, -0.2) is 46.2 Å². The maximum atomic E-state index is 14.1. The van der Waals surface area contributed by atoms with Crippen molar-refractivity contribution in [2.24, 2.45) is 5.92 Å².